The van der Waals surface area contributed by atoms with Crippen molar-refractivity contribution in [3.63, 3.8) is 0 Å². The largest absolute Gasteiger partial charge is 0.467 e. The van der Waals surface area contributed by atoms with Crippen LogP contribution < -0.4 is 5.32 Å². The zero-order valence-electron chi connectivity index (χ0n) is 9.33. The van der Waals surface area contributed by atoms with Gasteiger partial charge >= 0.3 is 0 Å². The van der Waals surface area contributed by atoms with Crippen molar-refractivity contribution >= 4 is 15.9 Å². The van der Waals surface area contributed by atoms with Gasteiger partial charge in [-0.15, -0.1) is 0 Å². The highest BCUT2D eigenvalue weighted by atomic mass is 79.9. The quantitative estimate of drug-likeness (QED) is 0.928. The van der Waals surface area contributed by atoms with Crippen LogP contribution in [-0.2, 0) is 0 Å². The molecule has 0 fully saturated rings. The molecule has 0 saturated heterocycles. The molecule has 84 valence electrons. The molecule has 2 nitrogen and oxygen atoms in total. The molecule has 16 heavy (non-hydrogen) atoms. The van der Waals surface area contributed by atoms with Crippen molar-refractivity contribution < 1.29 is 4.42 Å². The zero-order chi connectivity index (χ0) is 11.5. The minimum Gasteiger partial charge on any atom is -0.467 e. The van der Waals surface area contributed by atoms with E-state index in [1.165, 1.54) is 11.1 Å². The predicted molar refractivity (Wildman–Crippen MR) is 68.5 cm³/mol. The van der Waals surface area contributed by atoms with Gasteiger partial charge in [-0.2, -0.15) is 0 Å². The van der Waals surface area contributed by atoms with Crippen LogP contribution in [0, 0.1) is 6.92 Å². The summed E-state index contributed by atoms with van der Waals surface area (Å²) in [5.74, 6) is 0.923. The van der Waals surface area contributed by atoms with E-state index in [4.69, 9.17) is 4.42 Å². The van der Waals surface area contributed by atoms with Gasteiger partial charge in [0.1, 0.15) is 5.76 Å². The molecule has 1 aromatic carbocycles. The fourth-order valence-electron chi connectivity index (χ4n) is 1.77. The molecule has 2 aromatic rings. The average molecular weight is 280 g/mol. The summed E-state index contributed by atoms with van der Waals surface area (Å²) in [6.45, 7) is 2.08. The Morgan fingerprint density at radius 1 is 1.31 bits per heavy atom. The highest BCUT2D eigenvalue weighted by Crippen LogP contribution is 2.29. The second-order valence-electron chi connectivity index (χ2n) is 3.76. The molecule has 0 saturated carbocycles. The van der Waals surface area contributed by atoms with Crippen LogP contribution in [0.1, 0.15) is 22.9 Å². The Morgan fingerprint density at radius 2 is 2.12 bits per heavy atom. The number of benzene rings is 1. The molecule has 1 unspecified atom stereocenters. The van der Waals surface area contributed by atoms with E-state index in [1.807, 2.05) is 19.2 Å². The molecule has 0 aliphatic rings. The monoisotopic (exact) mass is 279 g/mol. The molecule has 1 atom stereocenters. The lowest BCUT2D eigenvalue weighted by atomic mass is 10.0. The molecule has 3 heteroatoms. The van der Waals surface area contributed by atoms with E-state index in [1.54, 1.807) is 6.26 Å². The van der Waals surface area contributed by atoms with Gasteiger partial charge in [-0.3, -0.25) is 0 Å². The van der Waals surface area contributed by atoms with Crippen LogP contribution in [0.5, 0.6) is 0 Å². The first kappa shape index (κ1) is 11.4. The zero-order valence-corrected chi connectivity index (χ0v) is 10.9. The van der Waals surface area contributed by atoms with Gasteiger partial charge in [0.25, 0.3) is 0 Å². The lowest BCUT2D eigenvalue weighted by Gasteiger charge is -2.16. The molecule has 2 rings (SSSR count). The molecule has 0 aliphatic carbocycles. The molecule has 0 aliphatic heterocycles. The average Bonchev–Trinajstić information content (AvgIpc) is 2.75. The molecule has 1 aromatic heterocycles. The fraction of sp³-hybridized carbons (Fsp3) is 0.231. The number of furan rings is 1. The van der Waals surface area contributed by atoms with Gasteiger partial charge < -0.3 is 9.73 Å². The molecule has 1 heterocycles. The highest BCUT2D eigenvalue weighted by molar-refractivity contribution is 9.10. The number of halogens is 1. The predicted octanol–water partition coefficient (Wildman–Crippen LogP) is 3.66. The Bertz CT molecular complexity index is 465. The maximum atomic E-state index is 5.44. The van der Waals surface area contributed by atoms with E-state index in [9.17, 15) is 0 Å². The van der Waals surface area contributed by atoms with E-state index in [2.05, 4.69) is 46.4 Å². The van der Waals surface area contributed by atoms with Crippen LogP contribution in [-0.4, -0.2) is 7.05 Å². The number of hydrogen-bond acceptors (Lipinski definition) is 2. The van der Waals surface area contributed by atoms with E-state index in [0.29, 0.717) is 0 Å². The van der Waals surface area contributed by atoms with Gasteiger partial charge in [0.15, 0.2) is 0 Å². The summed E-state index contributed by atoms with van der Waals surface area (Å²) in [6.07, 6.45) is 1.70. The lowest BCUT2D eigenvalue weighted by molar-refractivity contribution is 0.462. The summed E-state index contributed by atoms with van der Waals surface area (Å²) in [5, 5.41) is 3.26. The lowest BCUT2D eigenvalue weighted by Crippen LogP contribution is -2.17. The van der Waals surface area contributed by atoms with Crippen molar-refractivity contribution in [3.8, 4) is 0 Å². The summed E-state index contributed by atoms with van der Waals surface area (Å²) >= 11 is 3.59. The normalized spacial score (nSPS) is 12.7. The van der Waals surface area contributed by atoms with E-state index >= 15 is 0 Å². The SMILES string of the molecule is CNC(c1ccco1)c1ccc(C)cc1Br. The summed E-state index contributed by atoms with van der Waals surface area (Å²) in [7, 11) is 1.93. The Kier molecular flexibility index (Phi) is 3.46. The summed E-state index contributed by atoms with van der Waals surface area (Å²) < 4.78 is 6.54. The molecule has 0 amide bonds. The molecular formula is C13H14BrNO. The minimum atomic E-state index is 0.0879. The Labute approximate surface area is 104 Å². The maximum absolute atomic E-state index is 5.44. The van der Waals surface area contributed by atoms with Gasteiger partial charge in [0.2, 0.25) is 0 Å². The molecule has 0 bridgehead atoms. The van der Waals surface area contributed by atoms with Crippen molar-refractivity contribution in [2.24, 2.45) is 0 Å². The Morgan fingerprint density at radius 3 is 2.69 bits per heavy atom. The topological polar surface area (TPSA) is 25.2 Å². The van der Waals surface area contributed by atoms with Crippen LogP contribution in [0.2, 0.25) is 0 Å². The Hall–Kier alpha value is -1.06. The second-order valence-corrected chi connectivity index (χ2v) is 4.62. The highest BCUT2D eigenvalue weighted by Gasteiger charge is 2.16. The third-order valence-corrected chi connectivity index (χ3v) is 3.27. The molecule has 0 radical (unpaired) electrons. The summed E-state index contributed by atoms with van der Waals surface area (Å²) in [6, 6.07) is 10.3. The van der Waals surface area contributed by atoms with Crippen LogP contribution in [0.4, 0.5) is 0 Å². The molecule has 1 N–H and O–H groups in total. The van der Waals surface area contributed by atoms with Crippen LogP contribution in [0.3, 0.4) is 0 Å². The van der Waals surface area contributed by atoms with Gasteiger partial charge in [-0.05, 0) is 43.3 Å². The van der Waals surface area contributed by atoms with Gasteiger partial charge in [0, 0.05) is 4.47 Å². The maximum Gasteiger partial charge on any atom is 0.125 e. The van der Waals surface area contributed by atoms with Gasteiger partial charge in [-0.1, -0.05) is 28.1 Å². The molecule has 0 spiro atoms. The third-order valence-electron chi connectivity index (χ3n) is 2.58. The van der Waals surface area contributed by atoms with Gasteiger partial charge in [-0.25, -0.2) is 0 Å². The third kappa shape index (κ3) is 2.20. The fourth-order valence-corrected chi connectivity index (χ4v) is 2.49. The smallest absolute Gasteiger partial charge is 0.125 e. The van der Waals surface area contributed by atoms with Crippen LogP contribution >= 0.6 is 15.9 Å². The first-order chi connectivity index (χ1) is 7.72. The van der Waals surface area contributed by atoms with Crippen molar-refractivity contribution in [2.45, 2.75) is 13.0 Å². The number of rotatable bonds is 3. The summed E-state index contributed by atoms with van der Waals surface area (Å²) in [5.41, 5.74) is 2.42. The van der Waals surface area contributed by atoms with E-state index in [-0.39, 0.29) is 6.04 Å². The van der Waals surface area contributed by atoms with Crippen molar-refractivity contribution in [1.29, 1.82) is 0 Å². The standard InChI is InChI=1S/C13H14BrNO/c1-9-5-6-10(11(14)8-9)13(15-2)12-4-3-7-16-12/h3-8,13,15H,1-2H3. The first-order valence-electron chi connectivity index (χ1n) is 5.19. The Balaban J connectivity index is 2.41. The minimum absolute atomic E-state index is 0.0879. The number of hydrogen-bond donors (Lipinski definition) is 1. The van der Waals surface area contributed by atoms with E-state index < -0.39 is 0 Å². The number of nitrogens with one attached hydrogen (secondary N) is 1. The van der Waals surface area contributed by atoms with Crippen molar-refractivity contribution in [1.82, 2.24) is 5.32 Å². The van der Waals surface area contributed by atoms with Crippen molar-refractivity contribution in [3.05, 3.63) is 58.0 Å². The molecular weight excluding hydrogens is 266 g/mol. The van der Waals surface area contributed by atoms with E-state index in [0.717, 1.165) is 10.2 Å². The van der Waals surface area contributed by atoms with Crippen LogP contribution in [0.15, 0.2) is 45.5 Å². The second kappa shape index (κ2) is 4.85. The number of aryl methyl sites for hydroxylation is 1. The first-order valence-corrected chi connectivity index (χ1v) is 5.98. The van der Waals surface area contributed by atoms with Crippen molar-refractivity contribution in [2.75, 3.05) is 7.05 Å². The van der Waals surface area contributed by atoms with Crippen LogP contribution in [0.25, 0.3) is 0 Å². The summed E-state index contributed by atoms with van der Waals surface area (Å²) in [4.78, 5) is 0. The van der Waals surface area contributed by atoms with Gasteiger partial charge in [0.05, 0.1) is 12.3 Å².